The summed E-state index contributed by atoms with van der Waals surface area (Å²) in [7, 11) is 0. The van der Waals surface area contributed by atoms with Gasteiger partial charge >= 0.3 is 0 Å². The molecule has 0 aromatic heterocycles. The molecule has 2 N–H and O–H groups in total. The summed E-state index contributed by atoms with van der Waals surface area (Å²) in [5.41, 5.74) is 1.61. The normalized spacial score (nSPS) is 12.4. The fraction of sp³-hybridized carbons (Fsp3) is 0.467. The maximum absolute atomic E-state index is 11.9. The Morgan fingerprint density at radius 3 is 2.37 bits per heavy atom. The van der Waals surface area contributed by atoms with E-state index in [1.165, 1.54) is 0 Å². The summed E-state index contributed by atoms with van der Waals surface area (Å²) in [6.45, 7) is 7.68. The topological polar surface area (TPSA) is 64.9 Å². The van der Waals surface area contributed by atoms with Crippen molar-refractivity contribution in [2.24, 2.45) is 0 Å². The van der Waals surface area contributed by atoms with Crippen molar-refractivity contribution in [2.75, 3.05) is 5.32 Å². The highest BCUT2D eigenvalue weighted by molar-refractivity contribution is 5.84. The smallest absolute Gasteiger partial charge is 0.242 e. The van der Waals surface area contributed by atoms with E-state index in [4.69, 9.17) is 5.26 Å². The molecule has 0 fully saturated rings. The molecule has 1 aromatic carbocycles. The van der Waals surface area contributed by atoms with Crippen LogP contribution in [-0.4, -0.2) is 17.5 Å². The Morgan fingerprint density at radius 1 is 1.32 bits per heavy atom. The Morgan fingerprint density at radius 2 is 1.89 bits per heavy atom. The van der Waals surface area contributed by atoms with E-state index in [2.05, 4.69) is 16.7 Å². The maximum Gasteiger partial charge on any atom is 0.242 e. The van der Waals surface area contributed by atoms with Gasteiger partial charge in [-0.15, -0.1) is 0 Å². The first-order chi connectivity index (χ1) is 8.81. The second-order valence-electron chi connectivity index (χ2n) is 5.64. The number of anilines is 1. The summed E-state index contributed by atoms with van der Waals surface area (Å²) in [6, 6.07) is 9.34. The van der Waals surface area contributed by atoms with Crippen LogP contribution in [0.4, 0.5) is 5.69 Å². The van der Waals surface area contributed by atoms with E-state index < -0.39 is 0 Å². The van der Waals surface area contributed by atoms with Gasteiger partial charge in [-0.05, 0) is 45.4 Å². The maximum atomic E-state index is 11.9. The quantitative estimate of drug-likeness (QED) is 0.873. The van der Waals surface area contributed by atoms with E-state index in [0.717, 1.165) is 11.3 Å². The number of carbonyl (C=O) groups excluding carboxylic acids is 1. The highest BCUT2D eigenvalue weighted by Crippen LogP contribution is 2.11. The van der Waals surface area contributed by atoms with Crippen LogP contribution in [0.25, 0.3) is 0 Å². The fourth-order valence-electron chi connectivity index (χ4n) is 1.60. The Labute approximate surface area is 114 Å². The Bertz CT molecular complexity index is 466. The standard InChI is InChI=1S/C15H21N3O/c1-11(14(19)18-15(2,3)4)17-13-7-5-12(6-8-13)9-10-16/h5-8,11,17H,9H2,1-4H3,(H,18,19). The largest absolute Gasteiger partial charge is 0.374 e. The first kappa shape index (κ1) is 15.0. The van der Waals surface area contributed by atoms with E-state index in [9.17, 15) is 4.79 Å². The molecule has 102 valence electrons. The van der Waals surface area contributed by atoms with Gasteiger partial charge in [-0.25, -0.2) is 0 Å². The number of nitrogens with zero attached hydrogens (tertiary/aromatic N) is 1. The zero-order valence-corrected chi connectivity index (χ0v) is 11.9. The van der Waals surface area contributed by atoms with Crippen LogP contribution in [0.2, 0.25) is 0 Å². The van der Waals surface area contributed by atoms with E-state index in [0.29, 0.717) is 6.42 Å². The SMILES string of the molecule is CC(Nc1ccc(CC#N)cc1)C(=O)NC(C)(C)C. The molecule has 0 radical (unpaired) electrons. The molecule has 1 atom stereocenters. The lowest BCUT2D eigenvalue weighted by Gasteiger charge is -2.24. The third-order valence-corrected chi connectivity index (χ3v) is 2.51. The highest BCUT2D eigenvalue weighted by Gasteiger charge is 2.18. The number of rotatable bonds is 4. The molecule has 1 rings (SSSR count). The van der Waals surface area contributed by atoms with Crippen LogP contribution in [0, 0.1) is 11.3 Å². The number of hydrogen-bond donors (Lipinski definition) is 2. The van der Waals surface area contributed by atoms with E-state index >= 15 is 0 Å². The van der Waals surface area contributed by atoms with Crippen LogP contribution in [0.5, 0.6) is 0 Å². The monoisotopic (exact) mass is 259 g/mol. The van der Waals surface area contributed by atoms with Crippen molar-refractivity contribution in [3.8, 4) is 6.07 Å². The third kappa shape index (κ3) is 5.43. The zero-order valence-electron chi connectivity index (χ0n) is 11.9. The first-order valence-electron chi connectivity index (χ1n) is 6.36. The van der Waals surface area contributed by atoms with E-state index in [1.54, 1.807) is 0 Å². The molecule has 1 unspecified atom stereocenters. The summed E-state index contributed by atoms with van der Waals surface area (Å²) >= 11 is 0. The van der Waals surface area contributed by atoms with Crippen LogP contribution < -0.4 is 10.6 Å². The van der Waals surface area contributed by atoms with Crippen LogP contribution in [0.1, 0.15) is 33.3 Å². The molecule has 0 aliphatic carbocycles. The Kier molecular flexibility index (Phi) is 4.94. The van der Waals surface area contributed by atoms with Crippen molar-refractivity contribution in [3.63, 3.8) is 0 Å². The van der Waals surface area contributed by atoms with Gasteiger partial charge in [0.15, 0.2) is 0 Å². The highest BCUT2D eigenvalue weighted by atomic mass is 16.2. The van der Waals surface area contributed by atoms with Crippen LogP contribution in [0.15, 0.2) is 24.3 Å². The van der Waals surface area contributed by atoms with Gasteiger partial charge < -0.3 is 10.6 Å². The summed E-state index contributed by atoms with van der Waals surface area (Å²) < 4.78 is 0. The van der Waals surface area contributed by atoms with Gasteiger partial charge in [0.1, 0.15) is 6.04 Å². The lowest BCUT2D eigenvalue weighted by atomic mass is 10.1. The van der Waals surface area contributed by atoms with Crippen LogP contribution in [0.3, 0.4) is 0 Å². The average Bonchev–Trinajstić information content (AvgIpc) is 2.29. The minimum Gasteiger partial charge on any atom is -0.374 e. The minimum absolute atomic E-state index is 0.0337. The molecular weight excluding hydrogens is 238 g/mol. The number of nitriles is 1. The minimum atomic E-state index is -0.305. The van der Waals surface area contributed by atoms with Crippen molar-refractivity contribution in [2.45, 2.75) is 45.7 Å². The number of benzene rings is 1. The van der Waals surface area contributed by atoms with E-state index in [-0.39, 0.29) is 17.5 Å². The molecule has 0 aliphatic rings. The molecule has 4 nitrogen and oxygen atoms in total. The van der Waals surface area contributed by atoms with Gasteiger partial charge in [-0.3, -0.25) is 4.79 Å². The number of amides is 1. The molecule has 1 aromatic rings. The Hall–Kier alpha value is -2.02. The molecule has 0 saturated carbocycles. The van der Waals surface area contributed by atoms with Crippen LogP contribution >= 0.6 is 0 Å². The second kappa shape index (κ2) is 6.24. The van der Waals surface area contributed by atoms with Gasteiger partial charge in [0, 0.05) is 11.2 Å². The molecule has 0 spiro atoms. The van der Waals surface area contributed by atoms with Crippen molar-refractivity contribution in [1.29, 1.82) is 5.26 Å². The predicted molar refractivity (Wildman–Crippen MR) is 76.7 cm³/mol. The van der Waals surface area contributed by atoms with Crippen molar-refractivity contribution in [1.82, 2.24) is 5.32 Å². The summed E-state index contributed by atoms with van der Waals surface area (Å²) in [6.07, 6.45) is 0.403. The molecule has 1 amide bonds. The lowest BCUT2D eigenvalue weighted by Crippen LogP contribution is -2.47. The Balaban J connectivity index is 2.59. The van der Waals surface area contributed by atoms with Gasteiger partial charge in [0.05, 0.1) is 12.5 Å². The lowest BCUT2D eigenvalue weighted by molar-refractivity contribution is -0.122. The third-order valence-electron chi connectivity index (χ3n) is 2.51. The molecule has 0 heterocycles. The molecular formula is C15H21N3O. The van der Waals surface area contributed by atoms with E-state index in [1.807, 2.05) is 52.0 Å². The number of carbonyl (C=O) groups is 1. The van der Waals surface area contributed by atoms with Gasteiger partial charge in [-0.1, -0.05) is 12.1 Å². The molecule has 19 heavy (non-hydrogen) atoms. The second-order valence-corrected chi connectivity index (χ2v) is 5.64. The molecule has 0 aliphatic heterocycles. The molecule has 0 bridgehead atoms. The van der Waals surface area contributed by atoms with Gasteiger partial charge in [0.25, 0.3) is 0 Å². The average molecular weight is 259 g/mol. The summed E-state index contributed by atoms with van der Waals surface area (Å²) in [4.78, 5) is 11.9. The van der Waals surface area contributed by atoms with Crippen molar-refractivity contribution < 1.29 is 4.79 Å². The predicted octanol–water partition coefficient (Wildman–Crippen LogP) is 2.47. The van der Waals surface area contributed by atoms with Crippen molar-refractivity contribution in [3.05, 3.63) is 29.8 Å². The zero-order chi connectivity index (χ0) is 14.5. The summed E-state index contributed by atoms with van der Waals surface area (Å²) in [5.74, 6) is -0.0337. The van der Waals surface area contributed by atoms with Crippen LogP contribution in [-0.2, 0) is 11.2 Å². The van der Waals surface area contributed by atoms with Crippen molar-refractivity contribution >= 4 is 11.6 Å². The number of hydrogen-bond acceptors (Lipinski definition) is 3. The van der Waals surface area contributed by atoms with Gasteiger partial charge in [0.2, 0.25) is 5.91 Å². The summed E-state index contributed by atoms with van der Waals surface area (Å²) in [5, 5.41) is 14.7. The fourth-order valence-corrected chi connectivity index (χ4v) is 1.60. The molecule has 0 saturated heterocycles. The number of nitrogens with one attached hydrogen (secondary N) is 2. The molecule has 4 heteroatoms. The first-order valence-corrected chi connectivity index (χ1v) is 6.36. The van der Waals surface area contributed by atoms with Gasteiger partial charge in [-0.2, -0.15) is 5.26 Å².